The first-order valence-electron chi connectivity index (χ1n) is 7.08. The Bertz CT molecular complexity index is 543. The molecule has 6 heteroatoms. The second kappa shape index (κ2) is 7.42. The standard InChI is InChI=1S/C15H19N3O3/c19-15(17-13-6-2-1-3-7-13)16-10-9-12-5-4-8-14(11-12)18(20)21/h1-2,4-5,8,11,13H,3,6-7,9-10H2,(H2,16,17,19)/t13-/m1/s1. The summed E-state index contributed by atoms with van der Waals surface area (Å²) in [5.41, 5.74) is 0.913. The molecule has 1 aliphatic carbocycles. The fourth-order valence-electron chi connectivity index (χ4n) is 2.31. The van der Waals surface area contributed by atoms with E-state index in [0.717, 1.165) is 24.8 Å². The molecule has 2 amide bonds. The van der Waals surface area contributed by atoms with Gasteiger partial charge in [-0.05, 0) is 31.2 Å². The number of hydrogen-bond donors (Lipinski definition) is 2. The normalized spacial score (nSPS) is 17.2. The fraction of sp³-hybridized carbons (Fsp3) is 0.400. The number of carbonyl (C=O) groups excluding carboxylic acids is 1. The van der Waals surface area contributed by atoms with Gasteiger partial charge >= 0.3 is 6.03 Å². The van der Waals surface area contributed by atoms with Gasteiger partial charge in [-0.1, -0.05) is 24.3 Å². The molecule has 0 unspecified atom stereocenters. The van der Waals surface area contributed by atoms with Gasteiger partial charge in [0.05, 0.1) is 4.92 Å². The lowest BCUT2D eigenvalue weighted by Gasteiger charge is -2.19. The Morgan fingerprint density at radius 1 is 1.38 bits per heavy atom. The third-order valence-corrected chi connectivity index (χ3v) is 3.42. The topological polar surface area (TPSA) is 84.3 Å². The molecular formula is C15H19N3O3. The van der Waals surface area contributed by atoms with Gasteiger partial charge in [0.1, 0.15) is 0 Å². The molecule has 112 valence electrons. The highest BCUT2D eigenvalue weighted by Crippen LogP contribution is 2.13. The summed E-state index contributed by atoms with van der Waals surface area (Å²) in [6.07, 6.45) is 7.61. The number of carbonyl (C=O) groups is 1. The largest absolute Gasteiger partial charge is 0.338 e. The van der Waals surface area contributed by atoms with Crippen molar-refractivity contribution in [2.75, 3.05) is 6.54 Å². The maximum atomic E-state index is 11.7. The summed E-state index contributed by atoms with van der Waals surface area (Å²) >= 11 is 0. The average molecular weight is 289 g/mol. The second-order valence-electron chi connectivity index (χ2n) is 5.06. The van der Waals surface area contributed by atoms with Crippen molar-refractivity contribution in [1.29, 1.82) is 0 Å². The van der Waals surface area contributed by atoms with E-state index >= 15 is 0 Å². The van der Waals surface area contributed by atoms with Crippen molar-refractivity contribution in [2.24, 2.45) is 0 Å². The van der Waals surface area contributed by atoms with Crippen LogP contribution < -0.4 is 10.6 Å². The van der Waals surface area contributed by atoms with E-state index in [9.17, 15) is 14.9 Å². The molecule has 2 rings (SSSR count). The number of urea groups is 1. The summed E-state index contributed by atoms with van der Waals surface area (Å²) in [6, 6.07) is 6.49. The molecule has 1 aromatic carbocycles. The van der Waals surface area contributed by atoms with Crippen molar-refractivity contribution >= 4 is 11.7 Å². The number of benzene rings is 1. The maximum Gasteiger partial charge on any atom is 0.315 e. The van der Waals surface area contributed by atoms with Gasteiger partial charge < -0.3 is 10.6 Å². The van der Waals surface area contributed by atoms with Gasteiger partial charge in [-0.15, -0.1) is 0 Å². The zero-order valence-electron chi connectivity index (χ0n) is 11.7. The first kappa shape index (κ1) is 15.0. The van der Waals surface area contributed by atoms with Crippen molar-refractivity contribution in [2.45, 2.75) is 31.7 Å². The summed E-state index contributed by atoms with van der Waals surface area (Å²) in [4.78, 5) is 22.0. The first-order valence-corrected chi connectivity index (χ1v) is 7.08. The highest BCUT2D eigenvalue weighted by Gasteiger charge is 2.12. The summed E-state index contributed by atoms with van der Waals surface area (Å²) in [6.45, 7) is 0.454. The van der Waals surface area contributed by atoms with E-state index in [2.05, 4.69) is 22.8 Å². The van der Waals surface area contributed by atoms with Crippen molar-refractivity contribution in [3.05, 3.63) is 52.1 Å². The Kier molecular flexibility index (Phi) is 5.31. The predicted octanol–water partition coefficient (Wildman–Crippen LogP) is 2.55. The summed E-state index contributed by atoms with van der Waals surface area (Å²) < 4.78 is 0. The van der Waals surface area contributed by atoms with Crippen molar-refractivity contribution in [1.82, 2.24) is 10.6 Å². The molecule has 0 fully saturated rings. The van der Waals surface area contributed by atoms with Crippen molar-refractivity contribution < 1.29 is 9.72 Å². The lowest BCUT2D eigenvalue weighted by atomic mass is 10.0. The van der Waals surface area contributed by atoms with Crippen LogP contribution in [-0.4, -0.2) is 23.5 Å². The smallest absolute Gasteiger partial charge is 0.315 e. The number of non-ortho nitro benzene ring substituents is 1. The molecule has 0 aliphatic heterocycles. The summed E-state index contributed by atoms with van der Waals surface area (Å²) in [7, 11) is 0. The second-order valence-corrected chi connectivity index (χ2v) is 5.06. The van der Waals surface area contributed by atoms with Crippen molar-refractivity contribution in [3.63, 3.8) is 0 Å². The molecule has 1 aromatic rings. The number of nitro benzene ring substituents is 1. The van der Waals surface area contributed by atoms with Crippen LogP contribution in [0.3, 0.4) is 0 Å². The van der Waals surface area contributed by atoms with Crippen LogP contribution >= 0.6 is 0 Å². The highest BCUT2D eigenvalue weighted by atomic mass is 16.6. The van der Waals surface area contributed by atoms with E-state index in [-0.39, 0.29) is 17.8 Å². The predicted molar refractivity (Wildman–Crippen MR) is 80.1 cm³/mol. The maximum absolute atomic E-state index is 11.7. The molecular weight excluding hydrogens is 270 g/mol. The minimum Gasteiger partial charge on any atom is -0.338 e. The molecule has 0 bridgehead atoms. The molecule has 21 heavy (non-hydrogen) atoms. The molecule has 0 saturated heterocycles. The van der Waals surface area contributed by atoms with Gasteiger partial charge in [0.25, 0.3) is 5.69 Å². The number of nitrogens with one attached hydrogen (secondary N) is 2. The first-order chi connectivity index (χ1) is 10.1. The van der Waals surface area contributed by atoms with E-state index in [1.807, 2.05) is 6.07 Å². The number of hydrogen-bond acceptors (Lipinski definition) is 3. The van der Waals surface area contributed by atoms with E-state index < -0.39 is 4.92 Å². The molecule has 6 nitrogen and oxygen atoms in total. The quantitative estimate of drug-likeness (QED) is 0.496. The minimum absolute atomic E-state index is 0.0749. The number of rotatable bonds is 5. The number of nitro groups is 1. The summed E-state index contributed by atoms with van der Waals surface area (Å²) in [5, 5.41) is 16.4. The van der Waals surface area contributed by atoms with Crippen LogP contribution in [0.25, 0.3) is 0 Å². The minimum atomic E-state index is -0.416. The monoisotopic (exact) mass is 289 g/mol. The molecule has 0 heterocycles. The van der Waals surface area contributed by atoms with E-state index in [1.165, 1.54) is 12.1 Å². The average Bonchev–Trinajstić information content (AvgIpc) is 2.48. The van der Waals surface area contributed by atoms with Crippen LogP contribution in [0.4, 0.5) is 10.5 Å². The van der Waals surface area contributed by atoms with E-state index in [4.69, 9.17) is 0 Å². The van der Waals surface area contributed by atoms with Gasteiger partial charge in [-0.3, -0.25) is 10.1 Å². The molecule has 0 aromatic heterocycles. The summed E-state index contributed by atoms with van der Waals surface area (Å²) in [5.74, 6) is 0. The van der Waals surface area contributed by atoms with E-state index in [0.29, 0.717) is 13.0 Å². The number of allylic oxidation sites excluding steroid dienone is 1. The van der Waals surface area contributed by atoms with Gasteiger partial charge in [-0.2, -0.15) is 0 Å². The molecule has 0 radical (unpaired) electrons. The molecule has 0 saturated carbocycles. The highest BCUT2D eigenvalue weighted by molar-refractivity contribution is 5.74. The third kappa shape index (κ3) is 4.91. The van der Waals surface area contributed by atoms with Crippen molar-refractivity contribution in [3.8, 4) is 0 Å². The Hall–Kier alpha value is -2.37. The van der Waals surface area contributed by atoms with Crippen LogP contribution in [0.2, 0.25) is 0 Å². The zero-order chi connectivity index (χ0) is 15.1. The van der Waals surface area contributed by atoms with Gasteiger partial charge in [0, 0.05) is 24.7 Å². The third-order valence-electron chi connectivity index (χ3n) is 3.42. The number of amides is 2. The van der Waals surface area contributed by atoms with Crippen LogP contribution in [-0.2, 0) is 6.42 Å². The van der Waals surface area contributed by atoms with Crippen LogP contribution in [0.1, 0.15) is 24.8 Å². The Labute approximate surface area is 123 Å². The Balaban J connectivity index is 1.73. The zero-order valence-corrected chi connectivity index (χ0v) is 11.7. The Morgan fingerprint density at radius 3 is 2.95 bits per heavy atom. The lowest BCUT2D eigenvalue weighted by Crippen LogP contribution is -2.43. The van der Waals surface area contributed by atoms with Crippen LogP contribution in [0.15, 0.2) is 36.4 Å². The van der Waals surface area contributed by atoms with Gasteiger partial charge in [0.2, 0.25) is 0 Å². The number of nitrogens with zero attached hydrogens (tertiary/aromatic N) is 1. The molecule has 0 spiro atoms. The molecule has 1 aliphatic rings. The molecule has 1 atom stereocenters. The Morgan fingerprint density at radius 2 is 2.24 bits per heavy atom. The SMILES string of the molecule is O=C(NCCc1cccc([N+](=O)[O-])c1)N[C@@H]1CC=CCC1. The fourth-order valence-corrected chi connectivity index (χ4v) is 2.31. The van der Waals surface area contributed by atoms with E-state index in [1.54, 1.807) is 6.07 Å². The lowest BCUT2D eigenvalue weighted by molar-refractivity contribution is -0.384. The van der Waals surface area contributed by atoms with Gasteiger partial charge in [0.15, 0.2) is 0 Å². The molecule has 2 N–H and O–H groups in total. The van der Waals surface area contributed by atoms with Crippen LogP contribution in [0.5, 0.6) is 0 Å². The van der Waals surface area contributed by atoms with Gasteiger partial charge in [-0.25, -0.2) is 4.79 Å². The van der Waals surface area contributed by atoms with Crippen LogP contribution in [0, 0.1) is 10.1 Å².